The topological polar surface area (TPSA) is 55.2 Å². The number of thiophene rings is 1. The molecule has 32 heavy (non-hydrogen) atoms. The van der Waals surface area contributed by atoms with E-state index in [-0.39, 0.29) is 12.1 Å². The monoisotopic (exact) mass is 445 g/mol. The summed E-state index contributed by atoms with van der Waals surface area (Å²) in [6, 6.07) is 21.0. The van der Waals surface area contributed by atoms with Crippen LogP contribution in [0.25, 0.3) is 0 Å². The number of rotatable bonds is 7. The van der Waals surface area contributed by atoms with Gasteiger partial charge in [0.1, 0.15) is 18.1 Å². The van der Waals surface area contributed by atoms with Crippen molar-refractivity contribution in [2.45, 2.75) is 32.4 Å². The predicted molar refractivity (Wildman–Crippen MR) is 132 cm³/mol. The van der Waals surface area contributed by atoms with Gasteiger partial charge in [-0.2, -0.15) is 0 Å². The summed E-state index contributed by atoms with van der Waals surface area (Å²) >= 11 is 1.64. The van der Waals surface area contributed by atoms with Crippen LogP contribution in [-0.2, 0) is 15.9 Å². The van der Waals surface area contributed by atoms with Gasteiger partial charge in [-0.1, -0.05) is 56.3 Å². The fourth-order valence-electron chi connectivity index (χ4n) is 3.91. The zero-order chi connectivity index (χ0) is 21.9. The Bertz CT molecular complexity index is 1140. The molecule has 1 aromatic heterocycles. The Balaban J connectivity index is 1.36. The Labute approximate surface area is 192 Å². The molecule has 2 atom stereocenters. The molecule has 3 aromatic rings. The second-order valence-electron chi connectivity index (χ2n) is 8.48. The molecule has 6 heteroatoms. The molecule has 2 aliphatic heterocycles. The number of benzene rings is 2. The Morgan fingerprint density at radius 1 is 0.906 bits per heavy atom. The van der Waals surface area contributed by atoms with Gasteiger partial charge in [-0.3, -0.25) is 0 Å². The van der Waals surface area contributed by atoms with Gasteiger partial charge in [0.15, 0.2) is 0 Å². The molecule has 0 bridgehead atoms. The van der Waals surface area contributed by atoms with Crippen LogP contribution in [0.2, 0.25) is 0 Å². The van der Waals surface area contributed by atoms with Crippen LogP contribution >= 0.6 is 11.3 Å². The van der Waals surface area contributed by atoms with Gasteiger partial charge >= 0.3 is 0 Å². The summed E-state index contributed by atoms with van der Waals surface area (Å²) in [6.07, 6.45) is 0.878. The lowest BCUT2D eigenvalue weighted by Gasteiger charge is -2.12. The Morgan fingerprint density at radius 2 is 1.69 bits per heavy atom. The average Bonchev–Trinajstić information content (AvgIpc) is 3.56. The first kappa shape index (κ1) is 20.8. The first-order chi connectivity index (χ1) is 15.7. The van der Waals surface area contributed by atoms with Crippen molar-refractivity contribution >= 4 is 34.5 Å². The summed E-state index contributed by atoms with van der Waals surface area (Å²) < 4.78 is 11.9. The van der Waals surface area contributed by atoms with E-state index in [0.717, 1.165) is 34.1 Å². The molecule has 0 spiro atoms. The van der Waals surface area contributed by atoms with Crippen LogP contribution in [0, 0.1) is 5.92 Å². The fraction of sp³-hybridized carbons (Fsp3) is 0.308. The molecule has 0 saturated carbocycles. The highest BCUT2D eigenvalue weighted by Crippen LogP contribution is 2.32. The van der Waals surface area contributed by atoms with Gasteiger partial charge in [0, 0.05) is 0 Å². The molecule has 0 fully saturated rings. The predicted octanol–water partition coefficient (Wildman–Crippen LogP) is 5.68. The smallest absolute Gasteiger partial charge is 0.229 e. The number of nitrogens with one attached hydrogen (secondary N) is 1. The highest BCUT2D eigenvalue weighted by atomic mass is 32.1. The van der Waals surface area contributed by atoms with E-state index in [0.29, 0.717) is 25.0 Å². The van der Waals surface area contributed by atoms with E-state index in [1.165, 1.54) is 5.56 Å². The van der Waals surface area contributed by atoms with Crippen molar-refractivity contribution in [2.24, 2.45) is 15.9 Å². The molecule has 0 unspecified atom stereocenters. The van der Waals surface area contributed by atoms with E-state index in [2.05, 4.69) is 67.0 Å². The van der Waals surface area contributed by atoms with Gasteiger partial charge in [0.05, 0.1) is 29.0 Å². The number of nitrogens with zero attached hydrogens (tertiary/aromatic N) is 2. The SMILES string of the molecule is CC(C)[C@H]1COC(c2sccc2Nc2ccccc2C2=N[C@@H](Cc3ccccc3)CO2)=N1. The summed E-state index contributed by atoms with van der Waals surface area (Å²) in [5, 5.41) is 5.64. The molecule has 5 rings (SSSR count). The van der Waals surface area contributed by atoms with Crippen molar-refractivity contribution in [1.29, 1.82) is 0 Å². The zero-order valence-corrected chi connectivity index (χ0v) is 19.1. The maximum atomic E-state index is 6.02. The Kier molecular flexibility index (Phi) is 5.95. The van der Waals surface area contributed by atoms with Crippen molar-refractivity contribution in [3.05, 3.63) is 82.0 Å². The maximum Gasteiger partial charge on any atom is 0.229 e. The molecule has 0 aliphatic carbocycles. The third-order valence-corrected chi connectivity index (χ3v) is 6.66. The van der Waals surface area contributed by atoms with Crippen molar-refractivity contribution in [2.75, 3.05) is 18.5 Å². The summed E-state index contributed by atoms with van der Waals surface area (Å²) in [5.41, 5.74) is 4.20. The van der Waals surface area contributed by atoms with Gasteiger partial charge in [-0.15, -0.1) is 11.3 Å². The first-order valence-electron chi connectivity index (χ1n) is 11.1. The quantitative estimate of drug-likeness (QED) is 0.509. The lowest BCUT2D eigenvalue weighted by atomic mass is 10.1. The van der Waals surface area contributed by atoms with Crippen LogP contribution in [0.5, 0.6) is 0 Å². The van der Waals surface area contributed by atoms with Crippen molar-refractivity contribution < 1.29 is 9.47 Å². The lowest BCUT2D eigenvalue weighted by molar-refractivity contribution is 0.292. The number of aliphatic imine (C=N–C) groups is 2. The van der Waals surface area contributed by atoms with E-state index >= 15 is 0 Å². The van der Waals surface area contributed by atoms with Gasteiger partial charge in [-0.05, 0) is 41.5 Å². The van der Waals surface area contributed by atoms with Crippen LogP contribution in [0.1, 0.15) is 29.9 Å². The second-order valence-corrected chi connectivity index (χ2v) is 9.40. The van der Waals surface area contributed by atoms with Crippen LogP contribution in [0.3, 0.4) is 0 Å². The molecule has 5 nitrogen and oxygen atoms in total. The third kappa shape index (κ3) is 4.41. The van der Waals surface area contributed by atoms with E-state index in [4.69, 9.17) is 19.5 Å². The number of anilines is 2. The number of ether oxygens (including phenoxy) is 2. The molecular weight excluding hydrogens is 418 g/mol. The molecule has 2 aromatic carbocycles. The van der Waals surface area contributed by atoms with Crippen LogP contribution in [0.15, 0.2) is 76.0 Å². The minimum Gasteiger partial charge on any atom is -0.475 e. The average molecular weight is 446 g/mol. The standard InChI is InChI=1S/C26H27N3O2S/c1-17(2)23-16-31-26(29-23)24-22(12-13-32-24)28-21-11-7-6-10-20(21)25-27-19(15-30-25)14-18-8-4-3-5-9-18/h3-13,17,19,23,28H,14-16H2,1-2H3/t19-,23+/m0/s1. The maximum absolute atomic E-state index is 6.02. The molecule has 0 radical (unpaired) electrons. The highest BCUT2D eigenvalue weighted by Gasteiger charge is 2.26. The van der Waals surface area contributed by atoms with Crippen LogP contribution < -0.4 is 5.32 Å². The zero-order valence-electron chi connectivity index (χ0n) is 18.3. The molecular formula is C26H27N3O2S. The summed E-state index contributed by atoms with van der Waals surface area (Å²) in [7, 11) is 0. The van der Waals surface area contributed by atoms with E-state index in [1.807, 2.05) is 18.2 Å². The van der Waals surface area contributed by atoms with E-state index < -0.39 is 0 Å². The number of hydrogen-bond donors (Lipinski definition) is 1. The largest absolute Gasteiger partial charge is 0.475 e. The molecule has 3 heterocycles. The fourth-order valence-corrected chi connectivity index (χ4v) is 4.70. The van der Waals surface area contributed by atoms with Crippen LogP contribution in [-0.4, -0.2) is 37.1 Å². The van der Waals surface area contributed by atoms with Crippen molar-refractivity contribution in [1.82, 2.24) is 0 Å². The number of para-hydroxylation sites is 1. The highest BCUT2D eigenvalue weighted by molar-refractivity contribution is 7.12. The van der Waals surface area contributed by atoms with Crippen molar-refractivity contribution in [3.8, 4) is 0 Å². The molecule has 2 aliphatic rings. The second kappa shape index (κ2) is 9.17. The van der Waals surface area contributed by atoms with Gasteiger partial charge in [0.2, 0.25) is 11.8 Å². The van der Waals surface area contributed by atoms with Gasteiger partial charge < -0.3 is 14.8 Å². The van der Waals surface area contributed by atoms with Gasteiger partial charge in [-0.25, -0.2) is 9.98 Å². The van der Waals surface area contributed by atoms with Crippen molar-refractivity contribution in [3.63, 3.8) is 0 Å². The Hall–Kier alpha value is -3.12. The summed E-state index contributed by atoms with van der Waals surface area (Å²) in [4.78, 5) is 10.7. The summed E-state index contributed by atoms with van der Waals surface area (Å²) in [5.74, 6) is 1.89. The van der Waals surface area contributed by atoms with Crippen LogP contribution in [0.4, 0.5) is 11.4 Å². The minimum absolute atomic E-state index is 0.131. The third-order valence-electron chi connectivity index (χ3n) is 5.76. The lowest BCUT2D eigenvalue weighted by Crippen LogP contribution is -2.13. The van der Waals surface area contributed by atoms with E-state index in [9.17, 15) is 0 Å². The molecule has 0 saturated heterocycles. The molecule has 1 N–H and O–H groups in total. The molecule has 164 valence electrons. The minimum atomic E-state index is 0.131. The van der Waals surface area contributed by atoms with E-state index in [1.54, 1.807) is 11.3 Å². The first-order valence-corrected chi connectivity index (χ1v) is 11.9. The Morgan fingerprint density at radius 3 is 2.50 bits per heavy atom. The normalized spacial score (nSPS) is 20.0. The van der Waals surface area contributed by atoms with Gasteiger partial charge in [0.25, 0.3) is 0 Å². The summed E-state index contributed by atoms with van der Waals surface area (Å²) in [6.45, 7) is 5.60. The number of hydrogen-bond acceptors (Lipinski definition) is 6. The molecule has 0 amide bonds.